The minimum Gasteiger partial charge on any atom is -0.412 e. The fourth-order valence-corrected chi connectivity index (χ4v) is 3.07. The molecule has 0 aromatic rings. The van der Waals surface area contributed by atoms with Gasteiger partial charge in [0.2, 0.25) is 0 Å². The van der Waals surface area contributed by atoms with Crippen LogP contribution >= 0.6 is 0 Å². The minimum atomic E-state index is -0.119. The van der Waals surface area contributed by atoms with Crippen LogP contribution < -0.4 is 5.32 Å². The summed E-state index contributed by atoms with van der Waals surface area (Å²) >= 11 is 0. The molecule has 4 N–H and O–H groups in total. The van der Waals surface area contributed by atoms with E-state index in [-0.39, 0.29) is 22.7 Å². The highest BCUT2D eigenvalue weighted by atomic mass is 16.3. The van der Waals surface area contributed by atoms with E-state index in [0.29, 0.717) is 0 Å². The van der Waals surface area contributed by atoms with Gasteiger partial charge in [-0.1, -0.05) is 27.7 Å². The van der Waals surface area contributed by atoms with Crippen molar-refractivity contribution in [3.05, 3.63) is 0 Å². The molecule has 0 saturated carbocycles. The summed E-state index contributed by atoms with van der Waals surface area (Å²) in [5.41, 5.74) is 0.341. The lowest BCUT2D eigenvalue weighted by molar-refractivity contribution is 0.00537. The molecular formula is C13H29NO2. The van der Waals surface area contributed by atoms with E-state index in [4.69, 9.17) is 0 Å². The number of rotatable bonds is 4. The number of aliphatic hydroxyl groups excluding tert-OH is 1. The fraction of sp³-hybridized carbons (Fsp3) is 1.00. The van der Waals surface area contributed by atoms with Gasteiger partial charge < -0.3 is 15.9 Å². The third-order valence-corrected chi connectivity index (χ3v) is 4.49. The molecule has 1 saturated heterocycles. The zero-order chi connectivity index (χ0) is 11.5. The smallest absolute Gasteiger partial charge is 0.0575 e. The lowest BCUT2D eigenvalue weighted by Crippen LogP contribution is -2.63. The first-order valence-electron chi connectivity index (χ1n) is 6.52. The highest BCUT2D eigenvalue weighted by molar-refractivity contribution is 5.03. The van der Waals surface area contributed by atoms with Gasteiger partial charge in [-0.25, -0.2) is 0 Å². The van der Waals surface area contributed by atoms with Gasteiger partial charge in [0.05, 0.1) is 6.10 Å². The molecule has 1 rings (SSSR count). The summed E-state index contributed by atoms with van der Waals surface area (Å²) < 4.78 is 0. The Bertz CT molecular complexity index is 178. The molecule has 0 amide bonds. The summed E-state index contributed by atoms with van der Waals surface area (Å²) in [4.78, 5) is 0. The van der Waals surface area contributed by atoms with E-state index in [1.807, 2.05) is 0 Å². The maximum absolute atomic E-state index is 10.1. The van der Waals surface area contributed by atoms with E-state index in [2.05, 4.69) is 33.0 Å². The van der Waals surface area contributed by atoms with Crippen molar-refractivity contribution in [2.45, 2.75) is 83.4 Å². The molecule has 0 unspecified atom stereocenters. The molecule has 3 heteroatoms. The lowest BCUT2D eigenvalue weighted by Gasteiger charge is -2.51. The van der Waals surface area contributed by atoms with E-state index in [1.165, 1.54) is 0 Å². The molecule has 1 fully saturated rings. The van der Waals surface area contributed by atoms with Crippen LogP contribution in [-0.2, 0) is 0 Å². The second-order valence-corrected chi connectivity index (χ2v) is 5.16. The topological polar surface area (TPSA) is 63.8 Å². The Kier molecular flexibility index (Phi) is 5.94. The van der Waals surface area contributed by atoms with Crippen LogP contribution in [0.4, 0.5) is 0 Å². The van der Waals surface area contributed by atoms with Gasteiger partial charge in [0.1, 0.15) is 0 Å². The first-order valence-corrected chi connectivity index (χ1v) is 6.52. The van der Waals surface area contributed by atoms with Gasteiger partial charge in [0, 0.05) is 11.1 Å². The van der Waals surface area contributed by atoms with Crippen LogP contribution in [0.15, 0.2) is 0 Å². The second-order valence-electron chi connectivity index (χ2n) is 5.16. The summed E-state index contributed by atoms with van der Waals surface area (Å²) in [5.74, 6) is 0. The zero-order valence-corrected chi connectivity index (χ0v) is 11.3. The quantitative estimate of drug-likeness (QED) is 0.777. The highest BCUT2D eigenvalue weighted by Gasteiger charge is 2.43. The molecule has 0 radical (unpaired) electrons. The Hall–Kier alpha value is -0.120. The van der Waals surface area contributed by atoms with Crippen LogP contribution in [0.2, 0.25) is 0 Å². The molecule has 0 aromatic carbocycles. The molecule has 98 valence electrons. The normalized spacial score (nSPS) is 23.8. The maximum atomic E-state index is 10.1. The molecule has 1 heterocycles. The van der Waals surface area contributed by atoms with E-state index in [0.717, 1.165) is 38.5 Å². The summed E-state index contributed by atoms with van der Waals surface area (Å²) in [6.45, 7) is 8.91. The molecule has 1 aliphatic heterocycles. The zero-order valence-electron chi connectivity index (χ0n) is 11.3. The minimum absolute atomic E-state index is 0. The van der Waals surface area contributed by atoms with Crippen LogP contribution in [0.3, 0.4) is 0 Å². The Balaban J connectivity index is 0.00000225. The number of aliphatic hydroxyl groups is 1. The van der Waals surface area contributed by atoms with Crippen molar-refractivity contribution >= 4 is 0 Å². The van der Waals surface area contributed by atoms with Crippen LogP contribution in [0.5, 0.6) is 0 Å². The number of hydrogen-bond donors (Lipinski definition) is 2. The molecule has 0 aliphatic carbocycles. The van der Waals surface area contributed by atoms with E-state index >= 15 is 0 Å². The predicted molar refractivity (Wildman–Crippen MR) is 68.6 cm³/mol. The number of nitrogens with one attached hydrogen (secondary N) is 1. The van der Waals surface area contributed by atoms with Gasteiger partial charge in [-0.15, -0.1) is 0 Å². The largest absolute Gasteiger partial charge is 0.412 e. The highest BCUT2D eigenvalue weighted by Crippen LogP contribution is 2.36. The van der Waals surface area contributed by atoms with Crippen molar-refractivity contribution < 1.29 is 10.6 Å². The molecule has 0 bridgehead atoms. The predicted octanol–water partition coefficient (Wildman–Crippen LogP) is 2.02. The Morgan fingerprint density at radius 2 is 1.25 bits per heavy atom. The summed E-state index contributed by atoms with van der Waals surface area (Å²) in [6, 6.07) is 0. The van der Waals surface area contributed by atoms with Crippen LogP contribution in [-0.4, -0.2) is 27.8 Å². The van der Waals surface area contributed by atoms with Crippen LogP contribution in [0.25, 0.3) is 0 Å². The van der Waals surface area contributed by atoms with Crippen molar-refractivity contribution in [1.82, 2.24) is 5.32 Å². The molecule has 0 aromatic heterocycles. The third kappa shape index (κ3) is 2.96. The maximum Gasteiger partial charge on any atom is 0.0575 e. The van der Waals surface area contributed by atoms with E-state index in [1.54, 1.807) is 0 Å². The molecule has 16 heavy (non-hydrogen) atoms. The Labute approximate surface area is 99.9 Å². The summed E-state index contributed by atoms with van der Waals surface area (Å²) in [7, 11) is 0. The monoisotopic (exact) mass is 231 g/mol. The summed E-state index contributed by atoms with van der Waals surface area (Å²) in [6.07, 6.45) is 6.17. The van der Waals surface area contributed by atoms with Gasteiger partial charge >= 0.3 is 0 Å². The SMILES string of the molecule is CCC1(CC)CC(O)CC(CC)(CC)N1.O. The van der Waals surface area contributed by atoms with E-state index in [9.17, 15) is 5.11 Å². The second kappa shape index (κ2) is 5.99. The van der Waals surface area contributed by atoms with Crippen LogP contribution in [0, 0.1) is 0 Å². The first kappa shape index (κ1) is 15.9. The average molecular weight is 231 g/mol. The van der Waals surface area contributed by atoms with Gasteiger partial charge in [-0.05, 0) is 38.5 Å². The van der Waals surface area contributed by atoms with E-state index < -0.39 is 0 Å². The molecule has 1 aliphatic rings. The molecule has 0 atom stereocenters. The van der Waals surface area contributed by atoms with Gasteiger partial charge in [0.25, 0.3) is 0 Å². The fourth-order valence-electron chi connectivity index (χ4n) is 3.07. The average Bonchev–Trinajstić information content (AvgIpc) is 2.28. The Morgan fingerprint density at radius 3 is 1.50 bits per heavy atom. The van der Waals surface area contributed by atoms with Gasteiger partial charge in [-0.3, -0.25) is 0 Å². The lowest BCUT2D eigenvalue weighted by atomic mass is 9.72. The van der Waals surface area contributed by atoms with Crippen molar-refractivity contribution in [2.24, 2.45) is 0 Å². The molecular weight excluding hydrogens is 202 g/mol. The number of hydrogen-bond acceptors (Lipinski definition) is 2. The van der Waals surface area contributed by atoms with Crippen molar-refractivity contribution in [2.75, 3.05) is 0 Å². The summed E-state index contributed by atoms with van der Waals surface area (Å²) in [5, 5.41) is 13.9. The Morgan fingerprint density at radius 1 is 0.938 bits per heavy atom. The van der Waals surface area contributed by atoms with Crippen molar-refractivity contribution in [3.8, 4) is 0 Å². The van der Waals surface area contributed by atoms with Crippen molar-refractivity contribution in [3.63, 3.8) is 0 Å². The first-order chi connectivity index (χ1) is 7.05. The standard InChI is InChI=1S/C13H27NO.H2O/c1-5-12(6-2)9-11(15)10-13(7-3,8-4)14-12;/h11,14-15H,5-10H2,1-4H3;1H2. The van der Waals surface area contributed by atoms with Gasteiger partial charge in [-0.2, -0.15) is 0 Å². The molecule has 3 nitrogen and oxygen atoms in total. The van der Waals surface area contributed by atoms with Crippen LogP contribution in [0.1, 0.15) is 66.2 Å². The third-order valence-electron chi connectivity index (χ3n) is 4.49. The number of piperidine rings is 1. The van der Waals surface area contributed by atoms with Gasteiger partial charge in [0.15, 0.2) is 0 Å². The molecule has 0 spiro atoms. The van der Waals surface area contributed by atoms with Crippen molar-refractivity contribution in [1.29, 1.82) is 0 Å².